The lowest BCUT2D eigenvalue weighted by atomic mass is 10.1. The fourth-order valence-corrected chi connectivity index (χ4v) is 2.09. The Kier molecular flexibility index (Phi) is 3.21. The number of aliphatic carboxylic acids is 1. The van der Waals surface area contributed by atoms with E-state index in [1.54, 1.807) is 6.92 Å². The first-order valence-corrected chi connectivity index (χ1v) is 5.54. The lowest BCUT2D eigenvalue weighted by Gasteiger charge is -2.13. The third kappa shape index (κ3) is 2.51. The van der Waals surface area contributed by atoms with E-state index in [2.05, 4.69) is 15.3 Å². The summed E-state index contributed by atoms with van der Waals surface area (Å²) in [5.74, 6) is -1.42. The summed E-state index contributed by atoms with van der Waals surface area (Å²) in [5, 5.41) is 11.8. The number of nitrogens with zero attached hydrogens (tertiary/aromatic N) is 2. The molecule has 0 saturated heterocycles. The molecule has 6 heteroatoms. The van der Waals surface area contributed by atoms with Gasteiger partial charge in [0.05, 0.1) is 11.6 Å². The Balaban J connectivity index is 2.03. The van der Waals surface area contributed by atoms with E-state index in [0.717, 1.165) is 6.42 Å². The Morgan fingerprint density at radius 3 is 2.94 bits per heavy atom. The number of aryl methyl sites for hydroxylation is 1. The first kappa shape index (κ1) is 11.8. The van der Waals surface area contributed by atoms with Crippen LogP contribution in [0.5, 0.6) is 0 Å². The zero-order chi connectivity index (χ0) is 12.4. The zero-order valence-electron chi connectivity index (χ0n) is 9.48. The number of carbonyl (C=O) groups is 1. The normalized spacial score (nSPS) is 23.6. The molecule has 0 aromatic carbocycles. The molecule has 2 N–H and O–H groups in total. The lowest BCUT2D eigenvalue weighted by molar-refractivity contribution is -0.141. The van der Waals surface area contributed by atoms with Crippen molar-refractivity contribution < 1.29 is 14.3 Å². The van der Waals surface area contributed by atoms with Gasteiger partial charge in [0.1, 0.15) is 6.33 Å². The molecule has 0 radical (unpaired) electrons. The molecule has 1 aromatic heterocycles. The number of anilines is 1. The average Bonchev–Trinajstić information content (AvgIpc) is 2.73. The van der Waals surface area contributed by atoms with Crippen LogP contribution in [0.25, 0.3) is 0 Å². The molecule has 0 bridgehead atoms. The van der Waals surface area contributed by atoms with E-state index in [-0.39, 0.29) is 23.5 Å². The van der Waals surface area contributed by atoms with E-state index in [1.807, 2.05) is 0 Å². The molecular weight excluding hydrogens is 225 g/mol. The third-order valence-corrected chi connectivity index (χ3v) is 3.09. The van der Waals surface area contributed by atoms with E-state index >= 15 is 0 Å². The summed E-state index contributed by atoms with van der Waals surface area (Å²) in [4.78, 5) is 18.4. The highest BCUT2D eigenvalue weighted by atomic mass is 19.1. The third-order valence-electron chi connectivity index (χ3n) is 3.09. The van der Waals surface area contributed by atoms with E-state index in [9.17, 15) is 9.18 Å². The fraction of sp³-hybridized carbons (Fsp3) is 0.545. The molecule has 1 heterocycles. The summed E-state index contributed by atoms with van der Waals surface area (Å²) in [6.07, 6.45) is 3.15. The van der Waals surface area contributed by atoms with Gasteiger partial charge < -0.3 is 10.4 Å². The van der Waals surface area contributed by atoms with Crippen molar-refractivity contribution in [2.75, 3.05) is 5.32 Å². The minimum Gasteiger partial charge on any atom is -0.481 e. The molecule has 0 aliphatic heterocycles. The van der Waals surface area contributed by atoms with Crippen LogP contribution in [0.3, 0.4) is 0 Å². The maximum absolute atomic E-state index is 13.6. The molecule has 1 aliphatic carbocycles. The van der Waals surface area contributed by atoms with Crippen molar-refractivity contribution in [3.05, 3.63) is 17.8 Å². The van der Waals surface area contributed by atoms with Crippen LogP contribution in [0.15, 0.2) is 6.33 Å². The molecule has 92 valence electrons. The summed E-state index contributed by atoms with van der Waals surface area (Å²) in [6.45, 7) is 1.57. The number of halogens is 1. The van der Waals surface area contributed by atoms with Crippen LogP contribution >= 0.6 is 0 Å². The Bertz CT molecular complexity index is 439. The second-order valence-corrected chi connectivity index (χ2v) is 4.31. The van der Waals surface area contributed by atoms with Crippen LogP contribution < -0.4 is 5.32 Å². The first-order chi connectivity index (χ1) is 8.08. The van der Waals surface area contributed by atoms with Crippen molar-refractivity contribution in [2.45, 2.75) is 32.2 Å². The highest BCUT2D eigenvalue weighted by molar-refractivity contribution is 5.70. The molecule has 2 rings (SSSR count). The molecule has 0 spiro atoms. The van der Waals surface area contributed by atoms with Gasteiger partial charge in [-0.2, -0.15) is 0 Å². The van der Waals surface area contributed by atoms with E-state index in [0.29, 0.717) is 12.8 Å². The summed E-state index contributed by atoms with van der Waals surface area (Å²) in [6, 6.07) is -0.0279. The fourth-order valence-electron chi connectivity index (χ4n) is 2.09. The summed E-state index contributed by atoms with van der Waals surface area (Å²) < 4.78 is 13.6. The summed E-state index contributed by atoms with van der Waals surface area (Å²) in [7, 11) is 0. The van der Waals surface area contributed by atoms with E-state index in [1.165, 1.54) is 6.33 Å². The lowest BCUT2D eigenvalue weighted by Crippen LogP contribution is -2.19. The Hall–Kier alpha value is -1.72. The largest absolute Gasteiger partial charge is 0.481 e. The monoisotopic (exact) mass is 239 g/mol. The van der Waals surface area contributed by atoms with Gasteiger partial charge in [0.15, 0.2) is 11.6 Å². The zero-order valence-corrected chi connectivity index (χ0v) is 9.48. The van der Waals surface area contributed by atoms with Gasteiger partial charge in [0.2, 0.25) is 0 Å². The SMILES string of the molecule is Cc1ncnc(N[C@H]2CC[C@@H](C(=O)O)C2)c1F. The van der Waals surface area contributed by atoms with Gasteiger partial charge >= 0.3 is 5.97 Å². The molecule has 2 atom stereocenters. The predicted molar refractivity (Wildman–Crippen MR) is 59.1 cm³/mol. The quantitative estimate of drug-likeness (QED) is 0.837. The molecule has 17 heavy (non-hydrogen) atoms. The average molecular weight is 239 g/mol. The molecule has 1 fully saturated rings. The summed E-state index contributed by atoms with van der Waals surface area (Å²) >= 11 is 0. The number of hydrogen-bond donors (Lipinski definition) is 2. The van der Waals surface area contributed by atoms with Crippen LogP contribution in [-0.2, 0) is 4.79 Å². The van der Waals surface area contributed by atoms with Crippen molar-refractivity contribution in [3.63, 3.8) is 0 Å². The number of nitrogens with one attached hydrogen (secondary N) is 1. The molecule has 1 aliphatic rings. The smallest absolute Gasteiger partial charge is 0.306 e. The molecular formula is C11H14FN3O2. The van der Waals surface area contributed by atoms with Gasteiger partial charge in [-0.15, -0.1) is 0 Å². The Labute approximate surface area is 98.1 Å². The van der Waals surface area contributed by atoms with Crippen LogP contribution in [-0.4, -0.2) is 27.1 Å². The molecule has 0 amide bonds. The standard InChI is InChI=1S/C11H14FN3O2/c1-6-9(12)10(14-5-13-6)15-8-3-2-7(4-8)11(16)17/h5,7-8H,2-4H2,1H3,(H,16,17)(H,13,14,15)/t7-,8+/m1/s1. The van der Waals surface area contributed by atoms with Crippen molar-refractivity contribution in [1.82, 2.24) is 9.97 Å². The van der Waals surface area contributed by atoms with E-state index < -0.39 is 11.8 Å². The predicted octanol–water partition coefficient (Wildman–Crippen LogP) is 1.59. The van der Waals surface area contributed by atoms with Gasteiger partial charge in [0, 0.05) is 6.04 Å². The highest BCUT2D eigenvalue weighted by Crippen LogP contribution is 2.28. The number of carboxylic acids is 1. The minimum absolute atomic E-state index is 0.0279. The Morgan fingerprint density at radius 2 is 2.29 bits per heavy atom. The second-order valence-electron chi connectivity index (χ2n) is 4.31. The van der Waals surface area contributed by atoms with Crippen molar-refractivity contribution in [3.8, 4) is 0 Å². The first-order valence-electron chi connectivity index (χ1n) is 5.54. The maximum atomic E-state index is 13.6. The van der Waals surface area contributed by atoms with Crippen molar-refractivity contribution in [2.24, 2.45) is 5.92 Å². The van der Waals surface area contributed by atoms with Crippen molar-refractivity contribution >= 4 is 11.8 Å². The number of aromatic nitrogens is 2. The van der Waals surface area contributed by atoms with Gasteiger partial charge in [-0.3, -0.25) is 4.79 Å². The van der Waals surface area contributed by atoms with Crippen LogP contribution in [0, 0.1) is 18.7 Å². The molecule has 1 saturated carbocycles. The van der Waals surface area contributed by atoms with Crippen molar-refractivity contribution in [1.29, 1.82) is 0 Å². The molecule has 5 nitrogen and oxygen atoms in total. The second kappa shape index (κ2) is 4.65. The number of carboxylic acid groups (broad SMARTS) is 1. The summed E-state index contributed by atoms with van der Waals surface area (Å²) in [5.41, 5.74) is 0.287. The number of hydrogen-bond acceptors (Lipinski definition) is 4. The highest BCUT2D eigenvalue weighted by Gasteiger charge is 2.30. The van der Waals surface area contributed by atoms with Gasteiger partial charge in [-0.05, 0) is 26.2 Å². The van der Waals surface area contributed by atoms with Gasteiger partial charge in [0.25, 0.3) is 0 Å². The van der Waals surface area contributed by atoms with Crippen LogP contribution in [0.1, 0.15) is 25.0 Å². The molecule has 0 unspecified atom stereocenters. The van der Waals surface area contributed by atoms with E-state index in [4.69, 9.17) is 5.11 Å². The topological polar surface area (TPSA) is 75.1 Å². The molecule has 1 aromatic rings. The van der Waals surface area contributed by atoms with Gasteiger partial charge in [-0.25, -0.2) is 14.4 Å². The minimum atomic E-state index is -0.784. The van der Waals surface area contributed by atoms with Gasteiger partial charge in [-0.1, -0.05) is 0 Å². The maximum Gasteiger partial charge on any atom is 0.306 e. The van der Waals surface area contributed by atoms with Crippen LogP contribution in [0.4, 0.5) is 10.2 Å². The number of rotatable bonds is 3. The van der Waals surface area contributed by atoms with Crippen LogP contribution in [0.2, 0.25) is 0 Å². The Morgan fingerprint density at radius 1 is 1.53 bits per heavy atom.